The first-order valence-electron chi connectivity index (χ1n) is 6.61. The Hall–Kier alpha value is -2.62. The SMILES string of the molecule is Cn1cc(Cc2ccccc2C(=O)O)c2ccc(F)cc21. The Morgan fingerprint density at radius 1 is 1.19 bits per heavy atom. The van der Waals surface area contributed by atoms with Crippen molar-refractivity contribution in [2.24, 2.45) is 7.05 Å². The maximum absolute atomic E-state index is 13.3. The number of carbonyl (C=O) groups is 1. The van der Waals surface area contributed by atoms with E-state index in [1.54, 1.807) is 18.2 Å². The normalized spacial score (nSPS) is 11.0. The first kappa shape index (κ1) is 13.4. The molecule has 0 aliphatic rings. The van der Waals surface area contributed by atoms with Crippen molar-refractivity contribution in [3.05, 3.63) is 71.2 Å². The molecule has 3 rings (SSSR count). The van der Waals surface area contributed by atoms with Gasteiger partial charge in [0.25, 0.3) is 0 Å². The van der Waals surface area contributed by atoms with Crippen LogP contribution in [0.1, 0.15) is 21.5 Å². The fourth-order valence-electron chi connectivity index (χ4n) is 2.67. The molecule has 0 bridgehead atoms. The predicted molar refractivity (Wildman–Crippen MR) is 79.1 cm³/mol. The van der Waals surface area contributed by atoms with E-state index in [1.807, 2.05) is 29.9 Å². The fraction of sp³-hybridized carbons (Fsp3) is 0.118. The summed E-state index contributed by atoms with van der Waals surface area (Å²) < 4.78 is 15.2. The molecule has 0 saturated carbocycles. The van der Waals surface area contributed by atoms with Crippen LogP contribution in [0, 0.1) is 5.82 Å². The van der Waals surface area contributed by atoms with Crippen LogP contribution in [0.4, 0.5) is 4.39 Å². The van der Waals surface area contributed by atoms with E-state index < -0.39 is 5.97 Å². The Morgan fingerprint density at radius 3 is 2.71 bits per heavy atom. The highest BCUT2D eigenvalue weighted by molar-refractivity contribution is 5.90. The zero-order valence-corrected chi connectivity index (χ0v) is 11.5. The second-order valence-electron chi connectivity index (χ2n) is 5.07. The summed E-state index contributed by atoms with van der Waals surface area (Å²) in [5.74, 6) is -1.21. The highest BCUT2D eigenvalue weighted by atomic mass is 19.1. The van der Waals surface area contributed by atoms with Crippen LogP contribution in [0.5, 0.6) is 0 Å². The number of aryl methyl sites for hydroxylation is 1. The van der Waals surface area contributed by atoms with Gasteiger partial charge in [0.1, 0.15) is 5.82 Å². The third-order valence-corrected chi connectivity index (χ3v) is 3.66. The molecule has 106 valence electrons. The van der Waals surface area contributed by atoms with Gasteiger partial charge in [0.15, 0.2) is 0 Å². The average Bonchev–Trinajstić information content (AvgIpc) is 2.75. The number of carboxylic acids is 1. The van der Waals surface area contributed by atoms with Crippen molar-refractivity contribution in [2.45, 2.75) is 6.42 Å². The van der Waals surface area contributed by atoms with Gasteiger partial charge in [-0.25, -0.2) is 9.18 Å². The highest BCUT2D eigenvalue weighted by Gasteiger charge is 2.13. The Labute approximate surface area is 121 Å². The highest BCUT2D eigenvalue weighted by Crippen LogP contribution is 2.25. The molecule has 0 unspecified atom stereocenters. The van der Waals surface area contributed by atoms with Gasteiger partial charge < -0.3 is 9.67 Å². The molecule has 3 aromatic rings. The monoisotopic (exact) mass is 283 g/mol. The maximum Gasteiger partial charge on any atom is 0.335 e. The summed E-state index contributed by atoms with van der Waals surface area (Å²) in [5, 5.41) is 10.2. The van der Waals surface area contributed by atoms with Crippen LogP contribution in [0.2, 0.25) is 0 Å². The number of benzene rings is 2. The van der Waals surface area contributed by atoms with Crippen molar-refractivity contribution in [1.29, 1.82) is 0 Å². The number of halogens is 1. The third-order valence-electron chi connectivity index (χ3n) is 3.66. The van der Waals surface area contributed by atoms with Gasteiger partial charge in [0.2, 0.25) is 0 Å². The van der Waals surface area contributed by atoms with Crippen LogP contribution in [0.3, 0.4) is 0 Å². The molecule has 0 radical (unpaired) electrons. The van der Waals surface area contributed by atoms with Gasteiger partial charge in [0, 0.05) is 25.1 Å². The van der Waals surface area contributed by atoms with E-state index in [-0.39, 0.29) is 5.82 Å². The van der Waals surface area contributed by atoms with E-state index in [2.05, 4.69) is 0 Å². The zero-order valence-electron chi connectivity index (χ0n) is 11.5. The number of fused-ring (bicyclic) bond motifs is 1. The van der Waals surface area contributed by atoms with Crippen LogP contribution < -0.4 is 0 Å². The minimum absolute atomic E-state index is 0.277. The van der Waals surface area contributed by atoms with E-state index in [1.165, 1.54) is 12.1 Å². The van der Waals surface area contributed by atoms with Crippen molar-refractivity contribution in [2.75, 3.05) is 0 Å². The Bertz CT molecular complexity index is 836. The van der Waals surface area contributed by atoms with Crippen molar-refractivity contribution < 1.29 is 14.3 Å². The number of hydrogen-bond acceptors (Lipinski definition) is 1. The van der Waals surface area contributed by atoms with Gasteiger partial charge >= 0.3 is 5.97 Å². The van der Waals surface area contributed by atoms with Crippen molar-refractivity contribution >= 4 is 16.9 Å². The van der Waals surface area contributed by atoms with E-state index in [0.717, 1.165) is 22.0 Å². The number of nitrogens with zero attached hydrogens (tertiary/aromatic N) is 1. The summed E-state index contributed by atoms with van der Waals surface area (Å²) in [6.07, 6.45) is 2.42. The summed E-state index contributed by atoms with van der Waals surface area (Å²) in [7, 11) is 1.86. The lowest BCUT2D eigenvalue weighted by molar-refractivity contribution is 0.0696. The zero-order chi connectivity index (χ0) is 15.0. The van der Waals surface area contributed by atoms with E-state index in [4.69, 9.17) is 0 Å². The lowest BCUT2D eigenvalue weighted by atomic mass is 9.99. The summed E-state index contributed by atoms with van der Waals surface area (Å²) in [6, 6.07) is 11.6. The number of rotatable bonds is 3. The maximum atomic E-state index is 13.3. The lowest BCUT2D eigenvalue weighted by Gasteiger charge is -2.05. The first-order valence-corrected chi connectivity index (χ1v) is 6.61. The average molecular weight is 283 g/mol. The van der Waals surface area contributed by atoms with E-state index in [9.17, 15) is 14.3 Å². The summed E-state index contributed by atoms with van der Waals surface area (Å²) >= 11 is 0. The quantitative estimate of drug-likeness (QED) is 0.798. The minimum Gasteiger partial charge on any atom is -0.478 e. The molecule has 0 atom stereocenters. The van der Waals surface area contributed by atoms with E-state index >= 15 is 0 Å². The van der Waals surface area contributed by atoms with Crippen LogP contribution in [0.15, 0.2) is 48.7 Å². The van der Waals surface area contributed by atoms with Crippen molar-refractivity contribution in [1.82, 2.24) is 4.57 Å². The van der Waals surface area contributed by atoms with Gasteiger partial charge in [-0.15, -0.1) is 0 Å². The fourth-order valence-corrected chi connectivity index (χ4v) is 2.67. The molecule has 1 N–H and O–H groups in total. The second-order valence-corrected chi connectivity index (χ2v) is 5.07. The first-order chi connectivity index (χ1) is 10.1. The standard InChI is InChI=1S/C17H14FNO2/c1-19-10-12(14-7-6-13(18)9-16(14)19)8-11-4-2-3-5-15(11)17(20)21/h2-7,9-10H,8H2,1H3,(H,20,21). The molecule has 21 heavy (non-hydrogen) atoms. The summed E-state index contributed by atoms with van der Waals surface area (Å²) in [6.45, 7) is 0. The molecule has 4 heteroatoms. The molecule has 0 aliphatic heterocycles. The molecule has 0 fully saturated rings. The van der Waals surface area contributed by atoms with Crippen LogP contribution in [-0.2, 0) is 13.5 Å². The van der Waals surface area contributed by atoms with Crippen molar-refractivity contribution in [3.8, 4) is 0 Å². The molecule has 0 saturated heterocycles. The Balaban J connectivity index is 2.09. The molecule has 0 aliphatic carbocycles. The molecule has 1 aromatic heterocycles. The Kier molecular flexibility index (Phi) is 3.22. The number of carboxylic acid groups (broad SMARTS) is 1. The predicted octanol–water partition coefficient (Wildman–Crippen LogP) is 3.61. The Morgan fingerprint density at radius 2 is 1.95 bits per heavy atom. The lowest BCUT2D eigenvalue weighted by Crippen LogP contribution is -2.02. The summed E-state index contributed by atoms with van der Waals surface area (Å²) in [4.78, 5) is 11.3. The minimum atomic E-state index is -0.933. The molecule has 3 nitrogen and oxygen atoms in total. The number of hydrogen-bond donors (Lipinski definition) is 1. The molecular formula is C17H14FNO2. The molecular weight excluding hydrogens is 269 g/mol. The molecule has 0 spiro atoms. The van der Waals surface area contributed by atoms with Gasteiger partial charge in [-0.1, -0.05) is 18.2 Å². The second kappa shape index (κ2) is 5.05. The molecule has 1 heterocycles. The largest absolute Gasteiger partial charge is 0.478 e. The van der Waals surface area contributed by atoms with Crippen LogP contribution >= 0.6 is 0 Å². The van der Waals surface area contributed by atoms with Crippen LogP contribution in [0.25, 0.3) is 10.9 Å². The van der Waals surface area contributed by atoms with Gasteiger partial charge in [-0.2, -0.15) is 0 Å². The smallest absolute Gasteiger partial charge is 0.335 e. The number of aromatic carboxylic acids is 1. The summed E-state index contributed by atoms with van der Waals surface area (Å²) in [5.41, 5.74) is 2.84. The van der Waals surface area contributed by atoms with Gasteiger partial charge in [-0.3, -0.25) is 0 Å². The van der Waals surface area contributed by atoms with E-state index in [0.29, 0.717) is 12.0 Å². The molecule has 0 amide bonds. The van der Waals surface area contributed by atoms with Gasteiger partial charge in [-0.05, 0) is 35.4 Å². The van der Waals surface area contributed by atoms with Crippen LogP contribution in [-0.4, -0.2) is 15.6 Å². The molecule has 2 aromatic carbocycles. The topological polar surface area (TPSA) is 42.2 Å². The third kappa shape index (κ3) is 2.40. The number of aromatic nitrogens is 1. The van der Waals surface area contributed by atoms with Crippen molar-refractivity contribution in [3.63, 3.8) is 0 Å². The van der Waals surface area contributed by atoms with Gasteiger partial charge in [0.05, 0.1) is 11.1 Å².